The van der Waals surface area contributed by atoms with Crippen molar-refractivity contribution in [1.82, 2.24) is 9.88 Å². The highest BCUT2D eigenvalue weighted by Crippen LogP contribution is 2.17. The quantitative estimate of drug-likeness (QED) is 0.900. The Bertz CT molecular complexity index is 534. The number of rotatable bonds is 5. The van der Waals surface area contributed by atoms with E-state index < -0.39 is 5.97 Å². The average molecular weight is 266 g/mol. The van der Waals surface area contributed by atoms with E-state index in [2.05, 4.69) is 9.88 Å². The highest BCUT2D eigenvalue weighted by atomic mass is 32.1. The average Bonchev–Trinajstić information content (AvgIpc) is 2.89. The summed E-state index contributed by atoms with van der Waals surface area (Å²) >= 11 is 1.57. The third-order valence-corrected chi connectivity index (χ3v) is 3.22. The topological polar surface area (TPSA) is 66.6 Å². The lowest BCUT2D eigenvalue weighted by Crippen LogP contribution is -2.17. The zero-order chi connectivity index (χ0) is 13.1. The normalized spacial score (nSPS) is 11.1. The summed E-state index contributed by atoms with van der Waals surface area (Å²) in [5.74, 6) is -0.395. The first-order valence-electron chi connectivity index (χ1n) is 5.44. The van der Waals surface area contributed by atoms with E-state index in [1.165, 1.54) is 0 Å². The third-order valence-electron chi connectivity index (χ3n) is 2.59. The van der Waals surface area contributed by atoms with E-state index in [1.54, 1.807) is 29.8 Å². The molecule has 18 heavy (non-hydrogen) atoms. The van der Waals surface area contributed by atoms with Crippen molar-refractivity contribution < 1.29 is 14.3 Å². The van der Waals surface area contributed by atoms with E-state index in [4.69, 9.17) is 9.52 Å². The fourth-order valence-electron chi connectivity index (χ4n) is 1.72. The van der Waals surface area contributed by atoms with Crippen molar-refractivity contribution in [3.8, 4) is 0 Å². The summed E-state index contributed by atoms with van der Waals surface area (Å²) in [7, 11) is 1.96. The molecule has 1 N–H and O–H groups in total. The second kappa shape index (κ2) is 5.32. The minimum Gasteiger partial charge on any atom is -0.475 e. The van der Waals surface area contributed by atoms with Crippen LogP contribution in [-0.2, 0) is 13.1 Å². The van der Waals surface area contributed by atoms with Crippen LogP contribution in [0.4, 0.5) is 0 Å². The highest BCUT2D eigenvalue weighted by Gasteiger charge is 2.14. The molecule has 0 aliphatic rings. The van der Waals surface area contributed by atoms with Crippen molar-refractivity contribution in [1.29, 1.82) is 0 Å². The van der Waals surface area contributed by atoms with Gasteiger partial charge in [-0.1, -0.05) is 0 Å². The number of aryl methyl sites for hydroxylation is 1. The Morgan fingerprint density at radius 1 is 1.56 bits per heavy atom. The van der Waals surface area contributed by atoms with Gasteiger partial charge in [0.1, 0.15) is 5.76 Å². The Balaban J connectivity index is 2.02. The first-order valence-corrected chi connectivity index (χ1v) is 6.38. The van der Waals surface area contributed by atoms with Gasteiger partial charge in [-0.25, -0.2) is 9.78 Å². The smallest absolute Gasteiger partial charge is 0.371 e. The number of aromatic carboxylic acids is 1. The lowest BCUT2D eigenvalue weighted by atomic mass is 10.2. The standard InChI is InChI=1S/C12H14N2O3S/c1-8-9(3-11(17-8)12(15)16)4-14(2)5-10-6-18-7-13-10/h3,6-7H,4-5H2,1-2H3,(H,15,16). The molecule has 0 aromatic carbocycles. The Labute approximate surface area is 109 Å². The van der Waals surface area contributed by atoms with Gasteiger partial charge in [0.25, 0.3) is 0 Å². The van der Waals surface area contributed by atoms with Gasteiger partial charge in [-0.2, -0.15) is 0 Å². The molecule has 2 heterocycles. The molecule has 0 radical (unpaired) electrons. The number of nitrogens with zero attached hydrogens (tertiary/aromatic N) is 2. The molecule has 0 bridgehead atoms. The monoisotopic (exact) mass is 266 g/mol. The molecule has 2 aromatic heterocycles. The molecule has 96 valence electrons. The molecule has 2 aromatic rings. The molecule has 0 aliphatic heterocycles. The summed E-state index contributed by atoms with van der Waals surface area (Å²) in [6.07, 6.45) is 0. The van der Waals surface area contributed by atoms with Crippen molar-refractivity contribution in [3.63, 3.8) is 0 Å². The third kappa shape index (κ3) is 2.96. The Kier molecular flexibility index (Phi) is 3.78. The number of carboxylic acid groups (broad SMARTS) is 1. The molecule has 0 aliphatic carbocycles. The Morgan fingerprint density at radius 3 is 2.89 bits per heavy atom. The molecular weight excluding hydrogens is 252 g/mol. The molecule has 0 amide bonds. The van der Waals surface area contributed by atoms with Crippen LogP contribution >= 0.6 is 11.3 Å². The number of aromatic nitrogens is 1. The summed E-state index contributed by atoms with van der Waals surface area (Å²) in [4.78, 5) is 17.1. The fourth-order valence-corrected chi connectivity index (χ4v) is 2.27. The highest BCUT2D eigenvalue weighted by molar-refractivity contribution is 7.07. The van der Waals surface area contributed by atoms with Crippen molar-refractivity contribution in [3.05, 3.63) is 39.7 Å². The Morgan fingerprint density at radius 2 is 2.33 bits per heavy atom. The zero-order valence-corrected chi connectivity index (χ0v) is 11.0. The Hall–Kier alpha value is -1.66. The van der Waals surface area contributed by atoms with Crippen LogP contribution in [0.25, 0.3) is 0 Å². The van der Waals surface area contributed by atoms with Crippen LogP contribution in [0.3, 0.4) is 0 Å². The molecule has 0 saturated carbocycles. The SMILES string of the molecule is Cc1oc(C(=O)O)cc1CN(C)Cc1cscn1. The van der Waals surface area contributed by atoms with Crippen LogP contribution in [0.2, 0.25) is 0 Å². The minimum absolute atomic E-state index is 0.00967. The van der Waals surface area contributed by atoms with Gasteiger partial charge in [0.15, 0.2) is 0 Å². The van der Waals surface area contributed by atoms with Gasteiger partial charge >= 0.3 is 5.97 Å². The molecule has 0 fully saturated rings. The molecule has 5 nitrogen and oxygen atoms in total. The maximum absolute atomic E-state index is 10.8. The number of carboxylic acids is 1. The lowest BCUT2D eigenvalue weighted by molar-refractivity contribution is 0.0661. The number of furan rings is 1. The maximum Gasteiger partial charge on any atom is 0.371 e. The molecule has 0 saturated heterocycles. The number of thiazole rings is 1. The largest absolute Gasteiger partial charge is 0.475 e. The summed E-state index contributed by atoms with van der Waals surface area (Å²) in [6.45, 7) is 3.15. The van der Waals surface area contributed by atoms with Gasteiger partial charge in [0.2, 0.25) is 5.76 Å². The summed E-state index contributed by atoms with van der Waals surface area (Å²) < 4.78 is 5.17. The predicted octanol–water partition coefficient (Wildman–Crippen LogP) is 2.37. The van der Waals surface area contributed by atoms with Crippen LogP contribution in [0.15, 0.2) is 21.4 Å². The van der Waals surface area contributed by atoms with Gasteiger partial charge < -0.3 is 9.52 Å². The number of hydrogen-bond acceptors (Lipinski definition) is 5. The molecule has 0 unspecified atom stereocenters. The van der Waals surface area contributed by atoms with Crippen molar-refractivity contribution in [2.75, 3.05) is 7.05 Å². The first kappa shape index (κ1) is 12.8. The summed E-state index contributed by atoms with van der Waals surface area (Å²) in [5.41, 5.74) is 3.71. The van der Waals surface area contributed by atoms with Gasteiger partial charge in [0.05, 0.1) is 11.2 Å². The van der Waals surface area contributed by atoms with Crippen LogP contribution in [0.5, 0.6) is 0 Å². The second-order valence-electron chi connectivity index (χ2n) is 4.15. The predicted molar refractivity (Wildman–Crippen MR) is 67.7 cm³/mol. The summed E-state index contributed by atoms with van der Waals surface area (Å²) in [6, 6.07) is 1.58. The maximum atomic E-state index is 10.8. The fraction of sp³-hybridized carbons (Fsp3) is 0.333. The van der Waals surface area contributed by atoms with Crippen LogP contribution in [0.1, 0.15) is 27.6 Å². The van der Waals surface area contributed by atoms with Gasteiger partial charge in [-0.3, -0.25) is 4.90 Å². The van der Waals surface area contributed by atoms with Crippen LogP contribution in [0, 0.1) is 6.92 Å². The molecule has 6 heteroatoms. The van der Waals surface area contributed by atoms with Crippen molar-refractivity contribution in [2.24, 2.45) is 0 Å². The van der Waals surface area contributed by atoms with Crippen molar-refractivity contribution >= 4 is 17.3 Å². The number of hydrogen-bond donors (Lipinski definition) is 1. The second-order valence-corrected chi connectivity index (χ2v) is 4.87. The number of carbonyl (C=O) groups is 1. The molecule has 0 spiro atoms. The lowest BCUT2D eigenvalue weighted by Gasteiger charge is -2.14. The van der Waals surface area contributed by atoms with Gasteiger partial charge in [0, 0.05) is 24.0 Å². The summed E-state index contributed by atoms with van der Waals surface area (Å²) in [5, 5.41) is 10.8. The van der Waals surface area contributed by atoms with E-state index in [0.29, 0.717) is 12.3 Å². The molecule has 0 atom stereocenters. The van der Waals surface area contributed by atoms with Gasteiger partial charge in [-0.15, -0.1) is 11.3 Å². The van der Waals surface area contributed by atoms with E-state index in [1.807, 2.05) is 12.4 Å². The zero-order valence-electron chi connectivity index (χ0n) is 10.2. The minimum atomic E-state index is -1.04. The van der Waals surface area contributed by atoms with Crippen LogP contribution in [-0.4, -0.2) is 28.0 Å². The van der Waals surface area contributed by atoms with Gasteiger partial charge in [-0.05, 0) is 20.0 Å². The van der Waals surface area contributed by atoms with E-state index in [9.17, 15) is 4.79 Å². The van der Waals surface area contributed by atoms with Crippen LogP contribution < -0.4 is 0 Å². The van der Waals surface area contributed by atoms with E-state index in [0.717, 1.165) is 17.8 Å². The first-order chi connectivity index (χ1) is 8.56. The van der Waals surface area contributed by atoms with Crippen molar-refractivity contribution in [2.45, 2.75) is 20.0 Å². The molecule has 2 rings (SSSR count). The van der Waals surface area contributed by atoms with E-state index in [-0.39, 0.29) is 5.76 Å². The van der Waals surface area contributed by atoms with E-state index >= 15 is 0 Å². The molecular formula is C12H14N2O3S.